The number of allylic oxidation sites excluding steroid dienone is 1. The second-order valence-corrected chi connectivity index (χ2v) is 15.4. The zero-order valence-corrected chi connectivity index (χ0v) is 28.7. The van der Waals surface area contributed by atoms with Crippen molar-refractivity contribution in [1.29, 1.82) is 0 Å². The first-order valence-electron chi connectivity index (χ1n) is 18.2. The van der Waals surface area contributed by atoms with Crippen molar-refractivity contribution in [1.82, 2.24) is 15.6 Å². The Morgan fingerprint density at radius 2 is 1.86 bits per heavy atom. The first-order valence-corrected chi connectivity index (χ1v) is 18.2. The molecule has 49 heavy (non-hydrogen) atoms. The smallest absolute Gasteiger partial charge is 0.192 e. The minimum Gasteiger partial charge on any atom is -0.396 e. The number of fused-ring (bicyclic) bond motifs is 2. The fourth-order valence-corrected chi connectivity index (χ4v) is 10.1. The molecular weight excluding hydrogens is 612 g/mol. The van der Waals surface area contributed by atoms with Crippen LogP contribution < -0.4 is 10.6 Å². The summed E-state index contributed by atoms with van der Waals surface area (Å²) in [6.45, 7) is 7.85. The van der Waals surface area contributed by atoms with Crippen LogP contribution in [-0.2, 0) is 12.8 Å². The molecule has 0 aliphatic heterocycles. The average molecular weight is 665 g/mol. The SMILES string of the molecule is C=C(Cc1cc2ccccc2[nH]1)C12CC#CC(NC(=NCCCO)NCCc3ccccc3)CC3(O)C(O)CC4C3C1CCC(C2)C4(C)O. The van der Waals surface area contributed by atoms with Gasteiger partial charge in [0, 0.05) is 55.6 Å². The van der Waals surface area contributed by atoms with Gasteiger partial charge in [0.2, 0.25) is 0 Å². The Labute approximate surface area is 290 Å². The van der Waals surface area contributed by atoms with Gasteiger partial charge in [-0.05, 0) is 92.2 Å². The highest BCUT2D eigenvalue weighted by molar-refractivity contribution is 5.81. The first kappa shape index (κ1) is 33.9. The number of aliphatic imine (C=N–C) groups is 1. The molecule has 260 valence electrons. The lowest BCUT2D eigenvalue weighted by atomic mass is 9.54. The number of rotatable bonds is 10. The molecule has 9 atom stereocenters. The summed E-state index contributed by atoms with van der Waals surface area (Å²) in [7, 11) is 0. The van der Waals surface area contributed by atoms with Gasteiger partial charge in [0.15, 0.2) is 5.96 Å². The Morgan fingerprint density at radius 3 is 2.65 bits per heavy atom. The maximum Gasteiger partial charge on any atom is 0.192 e. The molecule has 8 nitrogen and oxygen atoms in total. The third-order valence-corrected chi connectivity index (χ3v) is 12.6. The fourth-order valence-electron chi connectivity index (χ4n) is 10.1. The molecule has 2 aromatic carbocycles. The van der Waals surface area contributed by atoms with Crippen LogP contribution in [0.1, 0.15) is 63.1 Å². The predicted octanol–water partition coefficient (Wildman–Crippen LogP) is 4.49. The summed E-state index contributed by atoms with van der Waals surface area (Å²) >= 11 is 0. The van der Waals surface area contributed by atoms with Gasteiger partial charge in [-0.2, -0.15) is 0 Å². The summed E-state index contributed by atoms with van der Waals surface area (Å²) in [4.78, 5) is 8.33. The Balaban J connectivity index is 1.22. The first-order chi connectivity index (χ1) is 23.6. The zero-order chi connectivity index (χ0) is 34.2. The van der Waals surface area contributed by atoms with Crippen LogP contribution in [0, 0.1) is 40.9 Å². The molecule has 5 aliphatic rings. The van der Waals surface area contributed by atoms with Gasteiger partial charge in [0.25, 0.3) is 0 Å². The van der Waals surface area contributed by atoms with E-state index in [1.165, 1.54) is 10.9 Å². The predicted molar refractivity (Wildman–Crippen MR) is 194 cm³/mol. The zero-order valence-electron chi connectivity index (χ0n) is 28.7. The highest BCUT2D eigenvalue weighted by atomic mass is 16.3. The molecule has 0 saturated heterocycles. The van der Waals surface area contributed by atoms with Gasteiger partial charge < -0.3 is 36.0 Å². The molecule has 0 amide bonds. The van der Waals surface area contributed by atoms with Crippen molar-refractivity contribution in [3.8, 4) is 11.8 Å². The van der Waals surface area contributed by atoms with Crippen LogP contribution in [0.4, 0.5) is 0 Å². The quantitative estimate of drug-likeness (QED) is 0.0562. The fraction of sp³-hybridized carbons (Fsp3) is 0.537. The molecular formula is C41H52N4O4. The van der Waals surface area contributed by atoms with Gasteiger partial charge in [-0.25, -0.2) is 0 Å². The van der Waals surface area contributed by atoms with Crippen molar-refractivity contribution >= 4 is 16.9 Å². The molecule has 4 bridgehead atoms. The molecule has 0 spiro atoms. The lowest BCUT2D eigenvalue weighted by Crippen LogP contribution is -2.55. The van der Waals surface area contributed by atoms with E-state index in [0.29, 0.717) is 44.7 Å². The van der Waals surface area contributed by atoms with E-state index in [-0.39, 0.29) is 36.7 Å². The van der Waals surface area contributed by atoms with Crippen molar-refractivity contribution < 1.29 is 20.4 Å². The minimum atomic E-state index is -1.46. The summed E-state index contributed by atoms with van der Waals surface area (Å²) in [6.07, 6.45) is 4.68. The Hall–Kier alpha value is -3.61. The normalized spacial score (nSPS) is 35.1. The summed E-state index contributed by atoms with van der Waals surface area (Å²) in [5.41, 5.74) is 1.59. The van der Waals surface area contributed by atoms with Crippen LogP contribution in [0.2, 0.25) is 0 Å². The van der Waals surface area contributed by atoms with E-state index < -0.39 is 28.8 Å². The second kappa shape index (κ2) is 13.6. The number of aliphatic hydroxyl groups is 4. The second-order valence-electron chi connectivity index (χ2n) is 15.4. The van der Waals surface area contributed by atoms with Gasteiger partial charge in [-0.3, -0.25) is 4.99 Å². The number of hydrogen-bond donors (Lipinski definition) is 7. The van der Waals surface area contributed by atoms with Crippen LogP contribution in [-0.4, -0.2) is 74.4 Å². The molecule has 4 fully saturated rings. The Morgan fingerprint density at radius 1 is 1.06 bits per heavy atom. The average Bonchev–Trinajstić information content (AvgIpc) is 3.57. The van der Waals surface area contributed by atoms with E-state index in [1.807, 2.05) is 37.3 Å². The summed E-state index contributed by atoms with van der Waals surface area (Å²) < 4.78 is 0. The van der Waals surface area contributed by atoms with E-state index >= 15 is 0 Å². The Kier molecular flexibility index (Phi) is 9.40. The van der Waals surface area contributed by atoms with Crippen LogP contribution in [0.5, 0.6) is 0 Å². The molecule has 5 aliphatic carbocycles. The summed E-state index contributed by atoms with van der Waals surface area (Å²) in [6, 6.07) is 20.3. The number of nitrogens with one attached hydrogen (secondary N) is 3. The summed E-state index contributed by atoms with van der Waals surface area (Å²) in [5, 5.41) is 54.4. The number of hydrogen-bond acceptors (Lipinski definition) is 5. The standard InChI is InChI=1S/C41H52N4O4/c1-27(22-32-23-29-12-6-7-14-35(29)44-32)40-18-8-13-31(45-38(42-19-9-21-46)43-20-17-28-10-4-3-5-11-28)26-41(49)36(47)24-34-37(41)33(40)16-15-30(25-40)39(34,2)48/h3-7,10-12,14,23,30-31,33-34,36-37,44,46-49H,1,9,15-22,24-26H2,2H3,(H2,42,43,45). The highest BCUT2D eigenvalue weighted by Gasteiger charge is 2.69. The van der Waals surface area contributed by atoms with Gasteiger partial charge in [-0.1, -0.05) is 66.6 Å². The van der Waals surface area contributed by atoms with E-state index in [1.54, 1.807) is 0 Å². The number of aromatic amines is 1. The van der Waals surface area contributed by atoms with Crippen LogP contribution >= 0.6 is 0 Å². The number of aromatic nitrogens is 1. The van der Waals surface area contributed by atoms with Gasteiger partial charge in [0.05, 0.1) is 23.3 Å². The molecule has 8 heteroatoms. The number of guanidine groups is 1. The number of para-hydroxylation sites is 1. The van der Waals surface area contributed by atoms with Crippen molar-refractivity contribution in [3.63, 3.8) is 0 Å². The van der Waals surface area contributed by atoms with Crippen LogP contribution in [0.15, 0.2) is 77.8 Å². The molecule has 4 saturated carbocycles. The molecule has 7 N–H and O–H groups in total. The van der Waals surface area contributed by atoms with E-state index in [9.17, 15) is 20.4 Å². The third-order valence-electron chi connectivity index (χ3n) is 12.6. The molecule has 1 heterocycles. The Bertz CT molecular complexity index is 1710. The number of benzene rings is 2. The van der Waals surface area contributed by atoms with Gasteiger partial charge in [-0.15, -0.1) is 5.92 Å². The number of aliphatic hydroxyl groups excluding tert-OH is 2. The van der Waals surface area contributed by atoms with Crippen molar-refractivity contribution in [2.24, 2.45) is 34.1 Å². The molecule has 9 unspecified atom stereocenters. The molecule has 1 aromatic heterocycles. The molecule has 0 radical (unpaired) electrons. The highest BCUT2D eigenvalue weighted by Crippen LogP contribution is 2.67. The monoisotopic (exact) mass is 664 g/mol. The van der Waals surface area contributed by atoms with Crippen LogP contribution in [0.3, 0.4) is 0 Å². The van der Waals surface area contributed by atoms with Crippen LogP contribution in [0.25, 0.3) is 10.9 Å². The van der Waals surface area contributed by atoms with E-state index in [2.05, 4.69) is 57.8 Å². The van der Waals surface area contributed by atoms with Crippen molar-refractivity contribution in [2.75, 3.05) is 19.7 Å². The largest absolute Gasteiger partial charge is 0.396 e. The van der Waals surface area contributed by atoms with Gasteiger partial charge in [0.1, 0.15) is 0 Å². The van der Waals surface area contributed by atoms with Gasteiger partial charge >= 0.3 is 0 Å². The third kappa shape index (κ3) is 6.31. The lowest BCUT2D eigenvalue weighted by Gasteiger charge is -2.51. The molecule has 8 rings (SSSR count). The van der Waals surface area contributed by atoms with E-state index in [0.717, 1.165) is 42.5 Å². The molecule has 3 aromatic rings. The lowest BCUT2D eigenvalue weighted by molar-refractivity contribution is -0.122. The van der Waals surface area contributed by atoms with Crippen molar-refractivity contribution in [2.45, 2.75) is 88.1 Å². The maximum absolute atomic E-state index is 12.8. The van der Waals surface area contributed by atoms with Crippen molar-refractivity contribution in [3.05, 3.63) is 84.1 Å². The minimum absolute atomic E-state index is 0.0245. The number of H-pyrrole nitrogens is 1. The topological polar surface area (TPSA) is 133 Å². The maximum atomic E-state index is 12.8. The summed E-state index contributed by atoms with van der Waals surface area (Å²) in [5.74, 6) is 7.12. The number of nitrogens with zero attached hydrogens (tertiary/aromatic N) is 1. The van der Waals surface area contributed by atoms with E-state index in [4.69, 9.17) is 11.6 Å².